The maximum atomic E-state index is 13.1. The molecule has 3 aromatic rings. The Morgan fingerprint density at radius 3 is 2.05 bits per heavy atom. The molecule has 1 N–H and O–H groups in total. The summed E-state index contributed by atoms with van der Waals surface area (Å²) < 4.78 is 10.5. The van der Waals surface area contributed by atoms with E-state index in [-0.39, 0.29) is 22.0 Å². The Hall–Kier alpha value is -4.14. The first kappa shape index (κ1) is 26.9. The number of nitrogens with one attached hydrogen (secondary N) is 1. The first-order chi connectivity index (χ1) is 18.3. The number of hydrogen-bond acceptors (Lipinski definition) is 7. The lowest BCUT2D eigenvalue weighted by atomic mass is 10.2. The monoisotopic (exact) mass is 552 g/mol. The fourth-order valence-corrected chi connectivity index (χ4v) is 3.83. The maximum Gasteiger partial charge on any atom is 0.343 e. The molecule has 4 rings (SSSR count). The van der Waals surface area contributed by atoms with Crippen LogP contribution in [-0.2, 0) is 14.3 Å². The van der Waals surface area contributed by atoms with Gasteiger partial charge in [0.2, 0.25) is 0 Å². The third-order valence-electron chi connectivity index (χ3n) is 5.53. The lowest BCUT2D eigenvalue weighted by molar-refractivity contribution is -0.120. The standard InChI is InChI=1S/C28H22Cl2N2O6/c1-2-3-16-37-27(35)17-6-12-21(13-7-17)32-25(33)23(30)24(26(32)34)31-20-10-4-18(5-11-20)28(36)38-22-14-8-19(29)9-15-22/h4-15,31H,2-3,16H2,1H3. The number of ether oxygens (including phenoxy) is 2. The SMILES string of the molecule is CCCCOC(=O)c1ccc(N2C(=O)C(Cl)=C(Nc3ccc(C(=O)Oc4ccc(Cl)cc4)cc3)C2=O)cc1. The second-order valence-electron chi connectivity index (χ2n) is 8.22. The molecule has 0 bridgehead atoms. The highest BCUT2D eigenvalue weighted by molar-refractivity contribution is 6.53. The van der Waals surface area contributed by atoms with Gasteiger partial charge in [0, 0.05) is 10.7 Å². The normalized spacial score (nSPS) is 13.1. The zero-order valence-electron chi connectivity index (χ0n) is 20.2. The number of hydrogen-bond donors (Lipinski definition) is 1. The van der Waals surface area contributed by atoms with Crippen LogP contribution in [0.15, 0.2) is 83.5 Å². The van der Waals surface area contributed by atoms with Gasteiger partial charge in [0.05, 0.1) is 23.4 Å². The van der Waals surface area contributed by atoms with Gasteiger partial charge in [-0.1, -0.05) is 36.5 Å². The van der Waals surface area contributed by atoms with Crippen LogP contribution in [0.1, 0.15) is 40.5 Å². The van der Waals surface area contributed by atoms with Crippen LogP contribution in [0.25, 0.3) is 0 Å². The van der Waals surface area contributed by atoms with Crippen molar-refractivity contribution in [3.05, 3.63) is 99.7 Å². The predicted octanol–water partition coefficient (Wildman–Crippen LogP) is 5.95. The quantitative estimate of drug-likeness (QED) is 0.151. The fraction of sp³-hybridized carbons (Fsp3) is 0.143. The molecule has 0 unspecified atom stereocenters. The summed E-state index contributed by atoms with van der Waals surface area (Å²) in [5.41, 5.74) is 1.14. The van der Waals surface area contributed by atoms with Gasteiger partial charge in [0.1, 0.15) is 16.5 Å². The Bertz CT molecular complexity index is 1400. The van der Waals surface area contributed by atoms with Gasteiger partial charge in [-0.3, -0.25) is 9.59 Å². The Kier molecular flexibility index (Phi) is 8.45. The largest absolute Gasteiger partial charge is 0.462 e. The summed E-state index contributed by atoms with van der Waals surface area (Å²) in [5.74, 6) is -2.09. The summed E-state index contributed by atoms with van der Waals surface area (Å²) in [6.45, 7) is 2.31. The van der Waals surface area contributed by atoms with Crippen molar-refractivity contribution in [1.29, 1.82) is 0 Å². The summed E-state index contributed by atoms with van der Waals surface area (Å²) in [4.78, 5) is 51.2. The number of esters is 2. The van der Waals surface area contributed by atoms with Crippen molar-refractivity contribution in [1.82, 2.24) is 0 Å². The van der Waals surface area contributed by atoms with Gasteiger partial charge < -0.3 is 14.8 Å². The molecule has 10 heteroatoms. The van der Waals surface area contributed by atoms with Crippen molar-refractivity contribution in [2.24, 2.45) is 0 Å². The summed E-state index contributed by atoms with van der Waals surface area (Å²) in [6, 6.07) is 18.4. The van der Waals surface area contributed by atoms with E-state index in [1.165, 1.54) is 36.4 Å². The Morgan fingerprint density at radius 1 is 0.816 bits per heavy atom. The number of nitrogens with zero attached hydrogens (tertiary/aromatic N) is 1. The van der Waals surface area contributed by atoms with E-state index >= 15 is 0 Å². The molecular formula is C28H22Cl2N2O6. The van der Waals surface area contributed by atoms with Crippen molar-refractivity contribution in [2.75, 3.05) is 16.8 Å². The van der Waals surface area contributed by atoms with Crippen molar-refractivity contribution in [3.8, 4) is 5.75 Å². The molecule has 0 aliphatic carbocycles. The summed E-state index contributed by atoms with van der Waals surface area (Å²) >= 11 is 12.0. The lowest BCUT2D eigenvalue weighted by Gasteiger charge is -2.15. The molecule has 0 spiro atoms. The van der Waals surface area contributed by atoms with Crippen LogP contribution < -0.4 is 15.0 Å². The van der Waals surface area contributed by atoms with E-state index in [0.717, 1.165) is 17.7 Å². The van der Waals surface area contributed by atoms with Crippen LogP contribution in [0, 0.1) is 0 Å². The van der Waals surface area contributed by atoms with E-state index in [2.05, 4.69) is 5.32 Å². The third kappa shape index (κ3) is 6.04. The number of amides is 2. The molecule has 8 nitrogen and oxygen atoms in total. The van der Waals surface area contributed by atoms with Gasteiger partial charge in [-0.25, -0.2) is 14.5 Å². The van der Waals surface area contributed by atoms with Gasteiger partial charge in [-0.05, 0) is 79.2 Å². The van der Waals surface area contributed by atoms with Crippen LogP contribution in [0.5, 0.6) is 5.75 Å². The molecular weight excluding hydrogens is 531 g/mol. The molecule has 38 heavy (non-hydrogen) atoms. The van der Waals surface area contributed by atoms with Gasteiger partial charge >= 0.3 is 11.9 Å². The number of imide groups is 1. The second kappa shape index (κ2) is 11.9. The molecule has 0 radical (unpaired) electrons. The Balaban J connectivity index is 1.41. The van der Waals surface area contributed by atoms with Crippen molar-refractivity contribution in [3.63, 3.8) is 0 Å². The molecule has 3 aromatic carbocycles. The molecule has 1 aliphatic heterocycles. The average molecular weight is 553 g/mol. The molecule has 194 valence electrons. The molecule has 0 fully saturated rings. The summed E-state index contributed by atoms with van der Waals surface area (Å²) in [6.07, 6.45) is 1.66. The lowest BCUT2D eigenvalue weighted by Crippen LogP contribution is -2.32. The minimum atomic E-state index is -0.708. The smallest absolute Gasteiger partial charge is 0.343 e. The van der Waals surface area contributed by atoms with Gasteiger partial charge in [0.15, 0.2) is 0 Å². The fourth-order valence-electron chi connectivity index (χ4n) is 3.49. The molecule has 0 atom stereocenters. The number of carbonyl (C=O) groups excluding carboxylic acids is 4. The first-order valence-electron chi connectivity index (χ1n) is 11.7. The number of benzene rings is 3. The van der Waals surface area contributed by atoms with E-state index in [1.807, 2.05) is 6.92 Å². The maximum absolute atomic E-state index is 13.1. The highest BCUT2D eigenvalue weighted by Gasteiger charge is 2.39. The molecule has 0 saturated heterocycles. The number of carbonyl (C=O) groups is 4. The minimum absolute atomic E-state index is 0.115. The number of rotatable bonds is 9. The predicted molar refractivity (Wildman–Crippen MR) is 143 cm³/mol. The zero-order chi connectivity index (χ0) is 27.2. The first-order valence-corrected chi connectivity index (χ1v) is 12.4. The topological polar surface area (TPSA) is 102 Å². The van der Waals surface area contributed by atoms with Gasteiger partial charge in [0.25, 0.3) is 11.8 Å². The molecule has 0 saturated carbocycles. The summed E-state index contributed by atoms with van der Waals surface area (Å²) in [7, 11) is 0. The van der Waals surface area contributed by atoms with Crippen LogP contribution in [0.4, 0.5) is 11.4 Å². The van der Waals surface area contributed by atoms with E-state index in [1.54, 1.807) is 36.4 Å². The van der Waals surface area contributed by atoms with Gasteiger partial charge in [-0.2, -0.15) is 0 Å². The van der Waals surface area contributed by atoms with E-state index in [0.29, 0.717) is 28.6 Å². The Labute approximate surface area is 228 Å². The van der Waals surface area contributed by atoms with Crippen LogP contribution in [0.2, 0.25) is 5.02 Å². The van der Waals surface area contributed by atoms with Crippen molar-refractivity contribution >= 4 is 58.3 Å². The summed E-state index contributed by atoms with van der Waals surface area (Å²) in [5, 5.41) is 3.08. The zero-order valence-corrected chi connectivity index (χ0v) is 21.7. The molecule has 2 amide bonds. The van der Waals surface area contributed by atoms with Crippen molar-refractivity contribution in [2.45, 2.75) is 19.8 Å². The van der Waals surface area contributed by atoms with Gasteiger partial charge in [-0.15, -0.1) is 0 Å². The van der Waals surface area contributed by atoms with Crippen molar-refractivity contribution < 1.29 is 28.7 Å². The van der Waals surface area contributed by atoms with E-state index < -0.39 is 23.8 Å². The highest BCUT2D eigenvalue weighted by Crippen LogP contribution is 2.30. The minimum Gasteiger partial charge on any atom is -0.462 e. The molecule has 1 heterocycles. The second-order valence-corrected chi connectivity index (χ2v) is 9.03. The molecule has 1 aliphatic rings. The number of halogens is 2. The number of anilines is 2. The van der Waals surface area contributed by atoms with E-state index in [4.69, 9.17) is 32.7 Å². The van der Waals surface area contributed by atoms with Crippen LogP contribution >= 0.6 is 23.2 Å². The van der Waals surface area contributed by atoms with Crippen LogP contribution in [0.3, 0.4) is 0 Å². The Morgan fingerprint density at radius 2 is 1.42 bits per heavy atom. The van der Waals surface area contributed by atoms with Crippen LogP contribution in [-0.4, -0.2) is 30.4 Å². The average Bonchev–Trinajstić information content (AvgIpc) is 3.13. The van der Waals surface area contributed by atoms with E-state index in [9.17, 15) is 19.2 Å². The highest BCUT2D eigenvalue weighted by atomic mass is 35.5. The number of unbranched alkanes of at least 4 members (excludes halogenated alkanes) is 1. The third-order valence-corrected chi connectivity index (χ3v) is 6.14. The molecule has 0 aromatic heterocycles.